The molecule has 2 aliphatic rings. The SMILES string of the molecule is CCCCCN(C(=O)OC(C)(C)C)c1nc(N(C)Cc2ccccc2)c2ncn(CC(=O)O)c2n1.CCCCCNc1nc(NCC(C)C)c2ncn(CC(=O)O)c2n1.O=C(O)Cn1cnc2c(Oc3ccc([N+](=O)[O-])cc3)nc(NCc3ccc(C4CCCCC4)cc3)nc21.O=C(O)Cn1cnc2c(Oc3cccc([N+](=O)[O-])c3)nc(NCc3ccc(C4CCCCC4)cc3)nc21. The number of ether oxygens (including phenoxy) is 3. The minimum atomic E-state index is -1.05. The van der Waals surface area contributed by atoms with Crippen molar-refractivity contribution in [3.05, 3.63) is 201 Å². The average Bonchev–Trinajstić information content (AvgIpc) is 1.81. The van der Waals surface area contributed by atoms with Gasteiger partial charge < -0.3 is 79.1 Å². The number of aromatic nitrogens is 16. The summed E-state index contributed by atoms with van der Waals surface area (Å²) >= 11 is 0. The molecule has 0 bridgehead atoms. The number of imidazole rings is 4. The number of unbranched alkanes of at least 4 members (excludes halogenated alkanes) is 4. The molecular formula is C93H112N24O16. The highest BCUT2D eigenvalue weighted by Crippen LogP contribution is 2.37. The van der Waals surface area contributed by atoms with Crippen LogP contribution in [-0.2, 0) is 69.7 Å². The molecule has 8 N–H and O–H groups in total. The predicted octanol–water partition coefficient (Wildman–Crippen LogP) is 17.6. The van der Waals surface area contributed by atoms with E-state index in [1.54, 1.807) is 26.8 Å². The minimum Gasteiger partial charge on any atom is -0.480 e. The first kappa shape index (κ1) is 96.9. The lowest BCUT2D eigenvalue weighted by atomic mass is 9.84. The highest BCUT2D eigenvalue weighted by molar-refractivity contribution is 5.91. The van der Waals surface area contributed by atoms with Gasteiger partial charge in [0.15, 0.2) is 56.3 Å². The summed E-state index contributed by atoms with van der Waals surface area (Å²) in [6, 6.07) is 38.3. The zero-order valence-corrected chi connectivity index (χ0v) is 75.7. The van der Waals surface area contributed by atoms with Crippen molar-refractivity contribution >= 4 is 121 Å². The molecule has 0 spiro atoms. The van der Waals surface area contributed by atoms with E-state index in [0.29, 0.717) is 95.2 Å². The van der Waals surface area contributed by atoms with Crippen LogP contribution in [0.15, 0.2) is 153 Å². The zero-order chi connectivity index (χ0) is 94.7. The molecule has 133 heavy (non-hydrogen) atoms. The lowest BCUT2D eigenvalue weighted by molar-refractivity contribution is -0.385. The molecule has 1 amide bonds. The van der Waals surface area contributed by atoms with Crippen molar-refractivity contribution in [1.29, 1.82) is 0 Å². The second-order valence-corrected chi connectivity index (χ2v) is 33.9. The van der Waals surface area contributed by atoms with Gasteiger partial charge >= 0.3 is 30.0 Å². The molecule has 2 saturated carbocycles. The molecule has 2 aliphatic carbocycles. The molecule has 15 rings (SSSR count). The topological polar surface area (TPSA) is 509 Å². The number of nitro groups is 2. The first-order valence-corrected chi connectivity index (χ1v) is 44.5. The predicted molar refractivity (Wildman–Crippen MR) is 500 cm³/mol. The molecule has 8 aromatic heterocycles. The molecule has 0 atom stereocenters. The first-order chi connectivity index (χ1) is 64.0. The highest BCUT2D eigenvalue weighted by atomic mass is 16.6. The summed E-state index contributed by atoms with van der Waals surface area (Å²) in [4.78, 5) is 136. The molecule has 2 fully saturated rings. The molecule has 0 aliphatic heterocycles. The van der Waals surface area contributed by atoms with Crippen LogP contribution in [0.2, 0.25) is 0 Å². The third kappa shape index (κ3) is 27.7. The standard InChI is InChI=1S/2C26H26N6O5.C25H34N6O4.C16H26N6O2/c33-22(34)15-31-16-28-23-24(31)29-26(30-25(23)37-21-8-4-7-20(13-21)32(35)36)27-14-17-9-11-19(12-10-17)18-5-2-1-3-6-18;33-22(34)15-31-16-28-23-24(31)29-26(30-25(23)37-21-12-10-20(11-13-21)32(35)36)27-14-17-6-8-19(9-7-17)18-4-2-1-3-5-18;1-6-7-11-14-31(24(34)35-25(2,3)4)23-27-21(29(5)15-18-12-9-8-10-13-18)20-22(28-23)30(17-26-20)16-19(32)33;1-4-5-6-7-17-16-20-14(18-8-11(2)3)13-15(21-16)22(10-19-13)9-12(23)24/h4,7-13,16,18H,1-3,5-6,14-15H2,(H,33,34)(H,27,29,30);6-13,16,18H,1-5,14-15H2,(H,33,34)(H,27,29,30);8-10,12-13,17H,6-7,11,14-16H2,1-5H3,(H,32,33);10-11H,4-9H2,1-3H3,(H,23,24)(H2,17,18,20,21). The van der Waals surface area contributed by atoms with Gasteiger partial charge in [0.2, 0.25) is 23.8 Å². The average molecular weight is 1820 g/mol. The number of rotatable bonds is 38. The van der Waals surface area contributed by atoms with E-state index < -0.39 is 45.4 Å². The number of hydrogen-bond donors (Lipinski definition) is 8. The molecule has 0 saturated heterocycles. The lowest BCUT2D eigenvalue weighted by Crippen LogP contribution is -2.39. The fourth-order valence-corrected chi connectivity index (χ4v) is 15.1. The number of fused-ring (bicyclic) bond motifs is 4. The Morgan fingerprint density at radius 3 is 1.42 bits per heavy atom. The summed E-state index contributed by atoms with van der Waals surface area (Å²) in [5, 5.41) is 71.9. The molecular weight excluding hydrogens is 1710 g/mol. The van der Waals surface area contributed by atoms with Crippen LogP contribution < -0.4 is 40.5 Å². The molecule has 700 valence electrons. The molecule has 0 unspecified atom stereocenters. The normalized spacial score (nSPS) is 12.8. The molecule has 40 heteroatoms. The Morgan fingerprint density at radius 1 is 0.489 bits per heavy atom. The van der Waals surface area contributed by atoms with Gasteiger partial charge in [-0.05, 0) is 123 Å². The third-order valence-electron chi connectivity index (χ3n) is 21.7. The largest absolute Gasteiger partial charge is 0.480 e. The number of anilines is 6. The quantitative estimate of drug-likeness (QED) is 0.0101. The van der Waals surface area contributed by atoms with Crippen LogP contribution in [-0.4, -0.2) is 171 Å². The number of aliphatic carboxylic acids is 4. The van der Waals surface area contributed by atoms with Crippen molar-refractivity contribution < 1.29 is 68.5 Å². The third-order valence-corrected chi connectivity index (χ3v) is 21.7. The van der Waals surface area contributed by atoms with Gasteiger partial charge in [0.1, 0.15) is 43.3 Å². The van der Waals surface area contributed by atoms with Crippen LogP contribution in [0.1, 0.15) is 191 Å². The summed E-state index contributed by atoms with van der Waals surface area (Å²) < 4.78 is 23.1. The van der Waals surface area contributed by atoms with Gasteiger partial charge in [0.05, 0.1) is 41.2 Å². The summed E-state index contributed by atoms with van der Waals surface area (Å²) in [6.45, 7) is 16.1. The molecule has 13 aromatic rings. The van der Waals surface area contributed by atoms with E-state index in [2.05, 4.69) is 152 Å². The van der Waals surface area contributed by atoms with Crippen molar-refractivity contribution in [1.82, 2.24) is 78.1 Å². The number of non-ortho nitro benzene ring substituents is 2. The molecule has 40 nitrogen and oxygen atoms in total. The summed E-state index contributed by atoms with van der Waals surface area (Å²) in [5.74, 6) is 0.630. The number of carbonyl (C=O) groups is 5. The Labute approximate surface area is 766 Å². The van der Waals surface area contributed by atoms with E-state index in [1.165, 1.54) is 166 Å². The van der Waals surface area contributed by atoms with E-state index >= 15 is 0 Å². The van der Waals surface area contributed by atoms with Gasteiger partial charge in [-0.1, -0.05) is 177 Å². The van der Waals surface area contributed by atoms with Crippen LogP contribution >= 0.6 is 0 Å². The van der Waals surface area contributed by atoms with Crippen molar-refractivity contribution in [2.24, 2.45) is 5.92 Å². The Kier molecular flexibility index (Phi) is 33.8. The second-order valence-electron chi connectivity index (χ2n) is 33.9. The summed E-state index contributed by atoms with van der Waals surface area (Å²) in [6.07, 6.45) is 23.9. The Morgan fingerprint density at radius 2 is 0.947 bits per heavy atom. The maximum atomic E-state index is 13.2. The van der Waals surface area contributed by atoms with Crippen LogP contribution in [0.25, 0.3) is 44.7 Å². The number of carboxylic acids is 4. The van der Waals surface area contributed by atoms with Gasteiger partial charge in [-0.3, -0.25) is 39.4 Å². The van der Waals surface area contributed by atoms with E-state index in [9.17, 15) is 59.5 Å². The van der Waals surface area contributed by atoms with Crippen molar-refractivity contribution in [2.75, 3.05) is 57.7 Å². The smallest absolute Gasteiger partial charge is 0.417 e. The number of carboxylic acid groups (broad SMARTS) is 4. The number of nitrogens with zero attached hydrogens (tertiary/aromatic N) is 20. The summed E-state index contributed by atoms with van der Waals surface area (Å²) in [5.41, 5.74) is 8.04. The van der Waals surface area contributed by atoms with E-state index in [0.717, 1.165) is 68.3 Å². The van der Waals surface area contributed by atoms with Crippen LogP contribution in [0.3, 0.4) is 0 Å². The fraction of sp³-hybridized carbons (Fsp3) is 0.409. The Balaban J connectivity index is 0.000000162. The number of nitro benzene ring substituents is 2. The van der Waals surface area contributed by atoms with Gasteiger partial charge in [0, 0.05) is 64.5 Å². The number of carbonyl (C=O) groups excluding carboxylic acids is 1. The highest BCUT2D eigenvalue weighted by Gasteiger charge is 2.30. The number of nitrogens with one attached hydrogen (secondary N) is 4. The van der Waals surface area contributed by atoms with Crippen molar-refractivity contribution in [3.8, 4) is 23.3 Å². The minimum absolute atomic E-state index is 0.0600. The number of hydrogen-bond acceptors (Lipinski definition) is 29. The Hall–Kier alpha value is -15.2. The Bertz CT molecular complexity index is 6130. The zero-order valence-electron chi connectivity index (χ0n) is 75.7. The van der Waals surface area contributed by atoms with Crippen LogP contribution in [0, 0.1) is 26.1 Å². The number of amides is 1. The second kappa shape index (κ2) is 46.4. The number of benzene rings is 5. The fourth-order valence-electron chi connectivity index (χ4n) is 15.1. The van der Waals surface area contributed by atoms with Crippen molar-refractivity contribution in [2.45, 2.75) is 214 Å². The van der Waals surface area contributed by atoms with Gasteiger partial charge in [-0.15, -0.1) is 0 Å². The van der Waals surface area contributed by atoms with E-state index in [1.807, 2.05) is 42.3 Å². The monoisotopic (exact) mass is 1820 g/mol. The van der Waals surface area contributed by atoms with Crippen molar-refractivity contribution in [3.63, 3.8) is 0 Å². The maximum absolute atomic E-state index is 13.2. The summed E-state index contributed by atoms with van der Waals surface area (Å²) in [7, 11) is 1.88. The van der Waals surface area contributed by atoms with Crippen LogP contribution in [0.4, 0.5) is 51.6 Å². The van der Waals surface area contributed by atoms with Gasteiger partial charge in [0.25, 0.3) is 23.1 Å². The van der Waals surface area contributed by atoms with Crippen LogP contribution in [0.5, 0.6) is 23.3 Å². The van der Waals surface area contributed by atoms with E-state index in [4.69, 9.17) is 24.3 Å². The molecule has 8 heterocycles. The molecule has 0 radical (unpaired) electrons. The maximum Gasteiger partial charge on any atom is 0.417 e. The lowest BCUT2D eigenvalue weighted by Gasteiger charge is -2.27. The first-order valence-electron chi connectivity index (χ1n) is 44.5. The van der Waals surface area contributed by atoms with E-state index in [-0.39, 0.29) is 89.6 Å². The molecule has 5 aromatic carbocycles. The van der Waals surface area contributed by atoms with Gasteiger partial charge in [-0.2, -0.15) is 39.9 Å². The van der Waals surface area contributed by atoms with Gasteiger partial charge in [-0.25, -0.2) is 29.6 Å².